The van der Waals surface area contributed by atoms with Gasteiger partial charge in [-0.25, -0.2) is 4.98 Å². The van der Waals surface area contributed by atoms with Crippen molar-refractivity contribution in [2.75, 3.05) is 0 Å². The van der Waals surface area contributed by atoms with Crippen LogP contribution in [0.15, 0.2) is 24.4 Å². The Bertz CT molecular complexity index is 325. The third kappa shape index (κ3) is 7.05. The zero-order chi connectivity index (χ0) is 13.1. The number of carbonyl (C=O) groups is 1. The van der Waals surface area contributed by atoms with Crippen molar-refractivity contribution < 1.29 is 9.53 Å². The number of unbranched alkanes of at least 4 members (excludes halogenated alkanes) is 6. The zero-order valence-electron chi connectivity index (χ0n) is 11.2. The molecule has 0 saturated heterocycles. The molecule has 3 heteroatoms. The van der Waals surface area contributed by atoms with E-state index < -0.39 is 0 Å². The molecule has 0 aromatic carbocycles. The maximum absolute atomic E-state index is 11.5. The maximum Gasteiger partial charge on any atom is 0.312 e. The van der Waals surface area contributed by atoms with Crippen molar-refractivity contribution in [3.63, 3.8) is 0 Å². The molecule has 0 radical (unpaired) electrons. The number of pyridine rings is 1. The van der Waals surface area contributed by atoms with Gasteiger partial charge >= 0.3 is 5.97 Å². The van der Waals surface area contributed by atoms with E-state index in [1.54, 1.807) is 18.3 Å². The van der Waals surface area contributed by atoms with E-state index in [0.717, 1.165) is 12.8 Å². The first-order valence-corrected chi connectivity index (χ1v) is 6.94. The highest BCUT2D eigenvalue weighted by molar-refractivity contribution is 5.71. The van der Waals surface area contributed by atoms with Crippen LogP contribution in [0.4, 0.5) is 0 Å². The van der Waals surface area contributed by atoms with E-state index >= 15 is 0 Å². The van der Waals surface area contributed by atoms with Crippen molar-refractivity contribution in [1.29, 1.82) is 0 Å². The van der Waals surface area contributed by atoms with E-state index in [-0.39, 0.29) is 5.97 Å². The van der Waals surface area contributed by atoms with Crippen LogP contribution in [0.1, 0.15) is 58.3 Å². The van der Waals surface area contributed by atoms with Gasteiger partial charge in [0.25, 0.3) is 0 Å². The van der Waals surface area contributed by atoms with E-state index in [1.165, 1.54) is 32.1 Å². The normalized spacial score (nSPS) is 10.3. The van der Waals surface area contributed by atoms with E-state index in [9.17, 15) is 4.79 Å². The van der Waals surface area contributed by atoms with Gasteiger partial charge in [0, 0.05) is 18.7 Å². The molecule has 0 atom stereocenters. The van der Waals surface area contributed by atoms with Crippen LogP contribution in [0.25, 0.3) is 0 Å². The summed E-state index contributed by atoms with van der Waals surface area (Å²) >= 11 is 0. The molecule has 1 aromatic rings. The number of hydrogen-bond donors (Lipinski definition) is 0. The highest BCUT2D eigenvalue weighted by Crippen LogP contribution is 2.10. The summed E-state index contributed by atoms with van der Waals surface area (Å²) in [6, 6.07) is 5.31. The average Bonchev–Trinajstić information content (AvgIpc) is 2.39. The van der Waals surface area contributed by atoms with Crippen molar-refractivity contribution in [2.45, 2.75) is 58.3 Å². The lowest BCUT2D eigenvalue weighted by Crippen LogP contribution is -2.08. The van der Waals surface area contributed by atoms with Crippen LogP contribution < -0.4 is 4.74 Å². The predicted octanol–water partition coefficient (Wildman–Crippen LogP) is 4.13. The highest BCUT2D eigenvalue weighted by atomic mass is 16.5. The van der Waals surface area contributed by atoms with Gasteiger partial charge in [-0.1, -0.05) is 51.5 Å². The fourth-order valence-electron chi connectivity index (χ4n) is 1.80. The Morgan fingerprint density at radius 2 is 1.83 bits per heavy atom. The Balaban J connectivity index is 2.00. The van der Waals surface area contributed by atoms with Crippen LogP contribution in [-0.2, 0) is 4.79 Å². The van der Waals surface area contributed by atoms with Crippen molar-refractivity contribution in [3.8, 4) is 5.88 Å². The Hall–Kier alpha value is -1.38. The molecule has 0 aliphatic carbocycles. The first-order chi connectivity index (χ1) is 8.83. The summed E-state index contributed by atoms with van der Waals surface area (Å²) in [6.45, 7) is 2.22. The van der Waals surface area contributed by atoms with Gasteiger partial charge < -0.3 is 4.74 Å². The Morgan fingerprint density at radius 3 is 2.50 bits per heavy atom. The van der Waals surface area contributed by atoms with Crippen molar-refractivity contribution in [1.82, 2.24) is 4.98 Å². The summed E-state index contributed by atoms with van der Waals surface area (Å²) in [7, 11) is 0. The van der Waals surface area contributed by atoms with Crippen LogP contribution in [0.3, 0.4) is 0 Å². The number of esters is 1. The minimum absolute atomic E-state index is 0.178. The molecule has 0 bridgehead atoms. The molecule has 1 aromatic heterocycles. The highest BCUT2D eigenvalue weighted by Gasteiger charge is 2.04. The number of carbonyl (C=O) groups excluding carboxylic acids is 1. The number of ether oxygens (including phenoxy) is 1. The molecular formula is C15H23NO2. The van der Waals surface area contributed by atoms with Gasteiger partial charge in [-0.05, 0) is 12.5 Å². The Morgan fingerprint density at radius 1 is 1.11 bits per heavy atom. The minimum Gasteiger partial charge on any atom is -0.407 e. The molecule has 18 heavy (non-hydrogen) atoms. The molecule has 0 amide bonds. The van der Waals surface area contributed by atoms with Crippen LogP contribution in [0.2, 0.25) is 0 Å². The van der Waals surface area contributed by atoms with E-state index in [4.69, 9.17) is 4.74 Å². The second-order valence-electron chi connectivity index (χ2n) is 4.51. The van der Waals surface area contributed by atoms with Gasteiger partial charge in [0.2, 0.25) is 5.88 Å². The molecule has 0 spiro atoms. The van der Waals surface area contributed by atoms with Crippen molar-refractivity contribution in [2.24, 2.45) is 0 Å². The predicted molar refractivity (Wildman–Crippen MR) is 72.5 cm³/mol. The molecule has 0 aliphatic rings. The van der Waals surface area contributed by atoms with Crippen LogP contribution in [0, 0.1) is 0 Å². The fourth-order valence-corrected chi connectivity index (χ4v) is 1.80. The molecule has 0 saturated carbocycles. The summed E-state index contributed by atoms with van der Waals surface area (Å²) in [5.41, 5.74) is 0. The molecule has 0 N–H and O–H groups in total. The number of aromatic nitrogens is 1. The molecule has 0 unspecified atom stereocenters. The van der Waals surface area contributed by atoms with Gasteiger partial charge in [0.1, 0.15) is 0 Å². The smallest absolute Gasteiger partial charge is 0.312 e. The molecule has 1 heterocycles. The van der Waals surface area contributed by atoms with Gasteiger partial charge in [0.15, 0.2) is 0 Å². The zero-order valence-corrected chi connectivity index (χ0v) is 11.2. The lowest BCUT2D eigenvalue weighted by atomic mass is 10.1. The molecule has 3 nitrogen and oxygen atoms in total. The van der Waals surface area contributed by atoms with E-state index in [1.807, 2.05) is 6.07 Å². The SMILES string of the molecule is CCCCCCCCCC(=O)Oc1ccccn1. The third-order valence-corrected chi connectivity index (χ3v) is 2.84. The molecule has 0 aliphatic heterocycles. The standard InChI is InChI=1S/C15H23NO2/c1-2-3-4-5-6-7-8-12-15(17)18-14-11-9-10-13-16-14/h9-11,13H,2-8,12H2,1H3. The first-order valence-electron chi connectivity index (χ1n) is 6.94. The van der Waals surface area contributed by atoms with Crippen molar-refractivity contribution in [3.05, 3.63) is 24.4 Å². The van der Waals surface area contributed by atoms with Crippen LogP contribution in [-0.4, -0.2) is 11.0 Å². The largest absolute Gasteiger partial charge is 0.407 e. The monoisotopic (exact) mass is 249 g/mol. The van der Waals surface area contributed by atoms with E-state index in [2.05, 4.69) is 11.9 Å². The fraction of sp³-hybridized carbons (Fsp3) is 0.600. The van der Waals surface area contributed by atoms with Crippen LogP contribution in [0.5, 0.6) is 5.88 Å². The topological polar surface area (TPSA) is 39.2 Å². The van der Waals surface area contributed by atoms with Gasteiger partial charge in [0.05, 0.1) is 0 Å². The van der Waals surface area contributed by atoms with Crippen molar-refractivity contribution >= 4 is 5.97 Å². The lowest BCUT2D eigenvalue weighted by molar-refractivity contribution is -0.134. The minimum atomic E-state index is -0.178. The Kier molecular flexibility index (Phi) is 7.85. The van der Waals surface area contributed by atoms with Gasteiger partial charge in [-0.2, -0.15) is 0 Å². The molecular weight excluding hydrogens is 226 g/mol. The molecule has 0 fully saturated rings. The molecule has 1 rings (SSSR count). The number of rotatable bonds is 9. The summed E-state index contributed by atoms with van der Waals surface area (Å²) in [6.07, 6.45) is 10.5. The second-order valence-corrected chi connectivity index (χ2v) is 4.51. The number of hydrogen-bond acceptors (Lipinski definition) is 3. The summed E-state index contributed by atoms with van der Waals surface area (Å²) < 4.78 is 5.11. The quantitative estimate of drug-likeness (QED) is 0.488. The second kappa shape index (κ2) is 9.63. The van der Waals surface area contributed by atoms with Crippen LogP contribution >= 0.6 is 0 Å². The summed E-state index contributed by atoms with van der Waals surface area (Å²) in [5, 5.41) is 0. The van der Waals surface area contributed by atoms with E-state index in [0.29, 0.717) is 12.3 Å². The Labute approximate surface area is 110 Å². The maximum atomic E-state index is 11.5. The third-order valence-electron chi connectivity index (χ3n) is 2.84. The van der Waals surface area contributed by atoms with Gasteiger partial charge in [-0.3, -0.25) is 4.79 Å². The number of nitrogens with zero attached hydrogens (tertiary/aromatic N) is 1. The average molecular weight is 249 g/mol. The molecule has 100 valence electrons. The van der Waals surface area contributed by atoms with Gasteiger partial charge in [-0.15, -0.1) is 0 Å². The lowest BCUT2D eigenvalue weighted by Gasteiger charge is -2.03. The first kappa shape index (κ1) is 14.7. The summed E-state index contributed by atoms with van der Waals surface area (Å²) in [4.78, 5) is 15.4. The summed E-state index contributed by atoms with van der Waals surface area (Å²) in [5.74, 6) is 0.215.